The van der Waals surface area contributed by atoms with Crippen molar-refractivity contribution >= 4 is 15.9 Å². The van der Waals surface area contributed by atoms with Gasteiger partial charge in [0.1, 0.15) is 0 Å². The van der Waals surface area contributed by atoms with E-state index in [-0.39, 0.29) is 0 Å². The number of nitriles is 1. The maximum Gasteiger partial charge on any atom is 0.0628 e. The monoisotopic (exact) mass is 235 g/mol. The van der Waals surface area contributed by atoms with Crippen molar-refractivity contribution in [3.63, 3.8) is 0 Å². The maximum atomic E-state index is 8.65. The zero-order valence-corrected chi connectivity index (χ0v) is 8.84. The molecule has 0 heterocycles. The van der Waals surface area contributed by atoms with E-state index in [0.29, 0.717) is 12.3 Å². The standard InChI is InChI=1S/C11H10BrN/c12-10-3-4-11-8(5-6-13)1-2-9(11)7-10/h3-4,7-8H,1-2,5H2. The van der Waals surface area contributed by atoms with Crippen LogP contribution in [-0.4, -0.2) is 0 Å². The van der Waals surface area contributed by atoms with Gasteiger partial charge in [0.05, 0.1) is 6.07 Å². The molecule has 0 N–H and O–H groups in total. The molecule has 1 aromatic rings. The molecule has 0 amide bonds. The molecule has 0 aliphatic heterocycles. The van der Waals surface area contributed by atoms with Crippen LogP contribution in [0.15, 0.2) is 22.7 Å². The summed E-state index contributed by atoms with van der Waals surface area (Å²) >= 11 is 3.46. The fraction of sp³-hybridized carbons (Fsp3) is 0.364. The minimum absolute atomic E-state index is 0.480. The topological polar surface area (TPSA) is 23.8 Å². The quantitative estimate of drug-likeness (QED) is 0.733. The van der Waals surface area contributed by atoms with Crippen LogP contribution >= 0.6 is 15.9 Å². The van der Waals surface area contributed by atoms with Crippen LogP contribution in [0.4, 0.5) is 0 Å². The second-order valence-electron chi connectivity index (χ2n) is 3.44. The third-order valence-electron chi connectivity index (χ3n) is 2.64. The van der Waals surface area contributed by atoms with Gasteiger partial charge in [-0.25, -0.2) is 0 Å². The van der Waals surface area contributed by atoms with Crippen LogP contribution in [0, 0.1) is 11.3 Å². The number of nitrogens with zero attached hydrogens (tertiary/aromatic N) is 1. The number of benzene rings is 1. The molecule has 1 nitrogen and oxygen atoms in total. The summed E-state index contributed by atoms with van der Waals surface area (Å²) in [7, 11) is 0. The van der Waals surface area contributed by atoms with Crippen molar-refractivity contribution in [3.8, 4) is 6.07 Å². The largest absolute Gasteiger partial charge is 0.198 e. The Kier molecular flexibility index (Phi) is 2.37. The molecule has 0 aromatic heterocycles. The van der Waals surface area contributed by atoms with E-state index in [1.807, 2.05) is 0 Å². The van der Waals surface area contributed by atoms with Crippen molar-refractivity contribution in [2.24, 2.45) is 0 Å². The summed E-state index contributed by atoms with van der Waals surface area (Å²) in [5.74, 6) is 0.480. The lowest BCUT2D eigenvalue weighted by molar-refractivity contribution is 0.695. The molecular weight excluding hydrogens is 226 g/mol. The van der Waals surface area contributed by atoms with Gasteiger partial charge in [-0.1, -0.05) is 22.0 Å². The lowest BCUT2D eigenvalue weighted by Gasteiger charge is -2.05. The number of aryl methyl sites for hydroxylation is 1. The molecule has 1 aliphatic carbocycles. The minimum Gasteiger partial charge on any atom is -0.198 e. The van der Waals surface area contributed by atoms with Crippen LogP contribution < -0.4 is 0 Å². The lowest BCUT2D eigenvalue weighted by Crippen LogP contribution is -1.90. The van der Waals surface area contributed by atoms with Gasteiger partial charge >= 0.3 is 0 Å². The molecule has 2 rings (SSSR count). The molecule has 66 valence electrons. The Labute approximate surface area is 86.5 Å². The van der Waals surface area contributed by atoms with Crippen LogP contribution in [0.5, 0.6) is 0 Å². The van der Waals surface area contributed by atoms with Gasteiger partial charge in [-0.15, -0.1) is 0 Å². The first-order chi connectivity index (χ1) is 6.31. The van der Waals surface area contributed by atoms with Crippen molar-refractivity contribution in [2.75, 3.05) is 0 Å². The normalized spacial score (nSPS) is 19.5. The van der Waals surface area contributed by atoms with Gasteiger partial charge in [-0.2, -0.15) is 5.26 Å². The minimum atomic E-state index is 0.480. The first-order valence-electron chi connectivity index (χ1n) is 4.46. The van der Waals surface area contributed by atoms with Gasteiger partial charge < -0.3 is 0 Å². The van der Waals surface area contributed by atoms with Crippen molar-refractivity contribution in [1.82, 2.24) is 0 Å². The number of halogens is 1. The van der Waals surface area contributed by atoms with E-state index in [4.69, 9.17) is 5.26 Å². The molecule has 0 bridgehead atoms. The van der Waals surface area contributed by atoms with Crippen LogP contribution in [0.2, 0.25) is 0 Å². The Hall–Kier alpha value is -0.810. The van der Waals surface area contributed by atoms with Gasteiger partial charge in [0.2, 0.25) is 0 Å². The molecule has 0 saturated heterocycles. The molecule has 1 atom stereocenters. The van der Waals surface area contributed by atoms with Gasteiger partial charge in [-0.3, -0.25) is 0 Å². The average Bonchev–Trinajstić information content (AvgIpc) is 2.49. The molecule has 1 aliphatic rings. The molecule has 0 fully saturated rings. The van der Waals surface area contributed by atoms with Gasteiger partial charge in [-0.05, 0) is 42.0 Å². The Morgan fingerprint density at radius 2 is 2.38 bits per heavy atom. The van der Waals surface area contributed by atoms with Crippen molar-refractivity contribution in [3.05, 3.63) is 33.8 Å². The third kappa shape index (κ3) is 1.62. The van der Waals surface area contributed by atoms with E-state index < -0.39 is 0 Å². The van der Waals surface area contributed by atoms with Crippen LogP contribution in [0.3, 0.4) is 0 Å². The predicted molar refractivity (Wildman–Crippen MR) is 55.4 cm³/mol. The highest BCUT2D eigenvalue weighted by Gasteiger charge is 2.21. The highest BCUT2D eigenvalue weighted by Crippen LogP contribution is 2.36. The summed E-state index contributed by atoms with van der Waals surface area (Å²) in [5, 5.41) is 8.65. The number of fused-ring (bicyclic) bond motifs is 1. The SMILES string of the molecule is N#CCC1CCc2cc(Br)ccc21. The van der Waals surface area contributed by atoms with E-state index in [1.54, 1.807) is 0 Å². The van der Waals surface area contributed by atoms with Gasteiger partial charge in [0, 0.05) is 10.9 Å². The Morgan fingerprint density at radius 3 is 3.15 bits per heavy atom. The number of hydrogen-bond acceptors (Lipinski definition) is 1. The van der Waals surface area contributed by atoms with Crippen molar-refractivity contribution in [1.29, 1.82) is 5.26 Å². The summed E-state index contributed by atoms with van der Waals surface area (Å²) in [6.45, 7) is 0. The van der Waals surface area contributed by atoms with Gasteiger partial charge in [0.25, 0.3) is 0 Å². The van der Waals surface area contributed by atoms with E-state index in [1.165, 1.54) is 11.1 Å². The zero-order valence-electron chi connectivity index (χ0n) is 7.26. The average molecular weight is 236 g/mol. The molecular formula is C11H10BrN. The summed E-state index contributed by atoms with van der Waals surface area (Å²) in [5.41, 5.74) is 2.79. The highest BCUT2D eigenvalue weighted by atomic mass is 79.9. The van der Waals surface area contributed by atoms with Crippen LogP contribution in [0.1, 0.15) is 29.9 Å². The fourth-order valence-electron chi connectivity index (χ4n) is 2.00. The molecule has 0 radical (unpaired) electrons. The fourth-order valence-corrected chi connectivity index (χ4v) is 2.41. The van der Waals surface area contributed by atoms with Gasteiger partial charge in [0.15, 0.2) is 0 Å². The second kappa shape index (κ2) is 3.51. The van der Waals surface area contributed by atoms with E-state index in [9.17, 15) is 0 Å². The molecule has 1 unspecified atom stereocenters. The van der Waals surface area contributed by atoms with Crippen molar-refractivity contribution < 1.29 is 0 Å². The van der Waals surface area contributed by atoms with Crippen LogP contribution in [0.25, 0.3) is 0 Å². The molecule has 13 heavy (non-hydrogen) atoms. The Morgan fingerprint density at radius 1 is 1.54 bits per heavy atom. The van der Waals surface area contributed by atoms with E-state index >= 15 is 0 Å². The molecule has 2 heteroatoms. The second-order valence-corrected chi connectivity index (χ2v) is 4.36. The first-order valence-corrected chi connectivity index (χ1v) is 5.26. The summed E-state index contributed by atoms with van der Waals surface area (Å²) in [4.78, 5) is 0. The summed E-state index contributed by atoms with van der Waals surface area (Å²) in [6.07, 6.45) is 2.93. The Bertz CT molecular complexity index is 365. The Balaban J connectivity index is 2.34. The van der Waals surface area contributed by atoms with E-state index in [0.717, 1.165) is 17.3 Å². The summed E-state index contributed by atoms with van der Waals surface area (Å²) < 4.78 is 1.14. The third-order valence-corrected chi connectivity index (χ3v) is 3.14. The summed E-state index contributed by atoms with van der Waals surface area (Å²) in [6, 6.07) is 8.64. The zero-order chi connectivity index (χ0) is 9.26. The lowest BCUT2D eigenvalue weighted by atomic mass is 9.99. The number of hydrogen-bond donors (Lipinski definition) is 0. The smallest absolute Gasteiger partial charge is 0.0628 e. The van der Waals surface area contributed by atoms with Crippen LogP contribution in [-0.2, 0) is 6.42 Å². The van der Waals surface area contributed by atoms with Crippen molar-refractivity contribution in [2.45, 2.75) is 25.2 Å². The molecule has 0 saturated carbocycles. The molecule has 0 spiro atoms. The molecule has 1 aromatic carbocycles. The highest BCUT2D eigenvalue weighted by molar-refractivity contribution is 9.10. The maximum absolute atomic E-state index is 8.65. The van der Waals surface area contributed by atoms with E-state index in [2.05, 4.69) is 40.2 Å². The first kappa shape index (κ1) is 8.77. The predicted octanol–water partition coefficient (Wildman–Crippen LogP) is 3.39. The number of rotatable bonds is 1.